The number of likely N-dealkylation sites (tertiary alicyclic amines) is 1. The summed E-state index contributed by atoms with van der Waals surface area (Å²) >= 11 is 0. The van der Waals surface area contributed by atoms with Gasteiger partial charge in [0, 0.05) is 12.6 Å². The average Bonchev–Trinajstić information content (AvgIpc) is 2.85. The Hall–Kier alpha value is -1.40. The maximum atomic E-state index is 10.8. The second kappa shape index (κ2) is 6.37. The zero-order chi connectivity index (χ0) is 14.7. The van der Waals surface area contributed by atoms with E-state index in [1.54, 1.807) is 6.07 Å². The van der Waals surface area contributed by atoms with Gasteiger partial charge in [0.15, 0.2) is 0 Å². The minimum atomic E-state index is -0.478. The Labute approximate surface area is 119 Å². The van der Waals surface area contributed by atoms with Crippen LogP contribution in [0.25, 0.3) is 0 Å². The van der Waals surface area contributed by atoms with Crippen molar-refractivity contribution in [1.29, 1.82) is 0 Å². The van der Waals surface area contributed by atoms with Gasteiger partial charge >= 0.3 is 5.88 Å². The molecule has 1 saturated heterocycles. The molecule has 0 aromatic carbocycles. The number of nitro groups is 1. The second-order valence-corrected chi connectivity index (χ2v) is 5.82. The van der Waals surface area contributed by atoms with E-state index in [0.717, 1.165) is 25.9 Å². The maximum Gasteiger partial charge on any atom is 0.433 e. The monoisotopic (exact) mass is 281 g/mol. The van der Waals surface area contributed by atoms with Crippen LogP contribution in [0.2, 0.25) is 0 Å². The molecule has 2 heterocycles. The van der Waals surface area contributed by atoms with Gasteiger partial charge in [-0.15, -0.1) is 0 Å². The van der Waals surface area contributed by atoms with Crippen LogP contribution in [0.1, 0.15) is 38.5 Å². The van der Waals surface area contributed by atoms with Gasteiger partial charge in [0.1, 0.15) is 10.7 Å². The van der Waals surface area contributed by atoms with E-state index in [2.05, 4.69) is 31.1 Å². The molecular weight excluding hydrogens is 258 g/mol. The van der Waals surface area contributed by atoms with E-state index in [1.165, 1.54) is 6.07 Å². The molecule has 2 unspecified atom stereocenters. The van der Waals surface area contributed by atoms with Crippen molar-refractivity contribution in [3.8, 4) is 0 Å². The van der Waals surface area contributed by atoms with Crippen molar-refractivity contribution in [2.24, 2.45) is 5.92 Å². The van der Waals surface area contributed by atoms with Crippen LogP contribution in [-0.4, -0.2) is 36.0 Å². The van der Waals surface area contributed by atoms with E-state index < -0.39 is 4.92 Å². The van der Waals surface area contributed by atoms with Gasteiger partial charge in [0.25, 0.3) is 0 Å². The standard InChI is InChI=1S/C14H23N3O3/c1-10(2)15-9-11-5-4-8-16(3)14(11)12-6-7-13(20-12)17(18)19/h6-7,10-11,14-15H,4-5,8-9H2,1-3H3. The first-order valence-corrected chi connectivity index (χ1v) is 7.16. The number of nitrogens with one attached hydrogen (secondary N) is 1. The third-order valence-corrected chi connectivity index (χ3v) is 3.88. The van der Waals surface area contributed by atoms with E-state index in [-0.39, 0.29) is 11.9 Å². The van der Waals surface area contributed by atoms with Crippen LogP contribution >= 0.6 is 0 Å². The molecule has 0 bridgehead atoms. The van der Waals surface area contributed by atoms with Crippen molar-refractivity contribution in [2.45, 2.75) is 38.8 Å². The molecule has 1 N–H and O–H groups in total. The lowest BCUT2D eigenvalue weighted by Crippen LogP contribution is -2.41. The van der Waals surface area contributed by atoms with Crippen LogP contribution in [0.5, 0.6) is 0 Å². The minimum absolute atomic E-state index is 0.115. The van der Waals surface area contributed by atoms with Gasteiger partial charge in [-0.1, -0.05) is 13.8 Å². The van der Waals surface area contributed by atoms with E-state index in [9.17, 15) is 10.1 Å². The van der Waals surface area contributed by atoms with Gasteiger partial charge < -0.3 is 9.73 Å². The number of hydrogen-bond donors (Lipinski definition) is 1. The molecule has 1 fully saturated rings. The SMILES string of the molecule is CC(C)NCC1CCCN(C)C1c1ccc([N+](=O)[O-])o1. The predicted octanol–water partition coefficient (Wildman–Crippen LogP) is 2.57. The highest BCUT2D eigenvalue weighted by Gasteiger charge is 2.33. The Morgan fingerprint density at radius 2 is 2.30 bits per heavy atom. The van der Waals surface area contributed by atoms with Gasteiger partial charge in [0.05, 0.1) is 12.1 Å². The Kier molecular flexibility index (Phi) is 4.77. The summed E-state index contributed by atoms with van der Waals surface area (Å²) in [5.41, 5.74) is 0. The molecule has 0 aliphatic carbocycles. The van der Waals surface area contributed by atoms with E-state index in [1.807, 2.05) is 0 Å². The highest BCUT2D eigenvalue weighted by atomic mass is 16.6. The number of furan rings is 1. The van der Waals surface area contributed by atoms with Crippen molar-refractivity contribution in [2.75, 3.05) is 20.1 Å². The van der Waals surface area contributed by atoms with E-state index in [0.29, 0.717) is 17.7 Å². The molecule has 0 spiro atoms. The number of nitrogens with zero attached hydrogens (tertiary/aromatic N) is 2. The molecule has 6 heteroatoms. The molecule has 20 heavy (non-hydrogen) atoms. The molecule has 6 nitrogen and oxygen atoms in total. The van der Waals surface area contributed by atoms with Crippen molar-refractivity contribution in [1.82, 2.24) is 10.2 Å². The van der Waals surface area contributed by atoms with Crippen molar-refractivity contribution >= 4 is 5.88 Å². The Morgan fingerprint density at radius 1 is 1.55 bits per heavy atom. The normalized spacial score (nSPS) is 24.2. The number of rotatable bonds is 5. The fourth-order valence-corrected chi connectivity index (χ4v) is 2.91. The van der Waals surface area contributed by atoms with Crippen LogP contribution in [0.3, 0.4) is 0 Å². The minimum Gasteiger partial charge on any atom is -0.404 e. The zero-order valence-electron chi connectivity index (χ0n) is 12.3. The zero-order valence-corrected chi connectivity index (χ0v) is 12.3. The van der Waals surface area contributed by atoms with E-state index in [4.69, 9.17) is 4.42 Å². The highest BCUT2D eigenvalue weighted by Crippen LogP contribution is 2.36. The molecule has 112 valence electrons. The lowest BCUT2D eigenvalue weighted by atomic mass is 9.87. The smallest absolute Gasteiger partial charge is 0.404 e. The molecule has 0 radical (unpaired) electrons. The Bertz CT molecular complexity index is 458. The molecule has 0 amide bonds. The maximum absolute atomic E-state index is 10.8. The summed E-state index contributed by atoms with van der Waals surface area (Å²) in [6.45, 7) is 6.15. The summed E-state index contributed by atoms with van der Waals surface area (Å²) in [4.78, 5) is 12.5. The quantitative estimate of drug-likeness (QED) is 0.663. The molecule has 1 aliphatic heterocycles. The van der Waals surface area contributed by atoms with Crippen LogP contribution in [0.4, 0.5) is 5.88 Å². The topological polar surface area (TPSA) is 71.5 Å². The average molecular weight is 281 g/mol. The summed E-state index contributed by atoms with van der Waals surface area (Å²) in [5, 5.41) is 14.2. The lowest BCUT2D eigenvalue weighted by Gasteiger charge is -2.38. The van der Waals surface area contributed by atoms with Gasteiger partial charge in [-0.25, -0.2) is 0 Å². The van der Waals surface area contributed by atoms with Crippen LogP contribution in [0, 0.1) is 16.0 Å². The van der Waals surface area contributed by atoms with Crippen molar-refractivity contribution in [3.63, 3.8) is 0 Å². The third-order valence-electron chi connectivity index (χ3n) is 3.88. The number of piperidine rings is 1. The van der Waals surface area contributed by atoms with Crippen LogP contribution < -0.4 is 5.32 Å². The van der Waals surface area contributed by atoms with Crippen LogP contribution in [0.15, 0.2) is 16.5 Å². The molecule has 2 atom stereocenters. The summed E-state index contributed by atoms with van der Waals surface area (Å²) in [6, 6.07) is 3.75. The van der Waals surface area contributed by atoms with Crippen molar-refractivity contribution in [3.05, 3.63) is 28.0 Å². The van der Waals surface area contributed by atoms with Gasteiger partial charge in [-0.2, -0.15) is 0 Å². The molecule has 1 aliphatic rings. The van der Waals surface area contributed by atoms with Gasteiger partial charge in [0.2, 0.25) is 0 Å². The van der Waals surface area contributed by atoms with Crippen molar-refractivity contribution < 1.29 is 9.34 Å². The van der Waals surface area contributed by atoms with Gasteiger partial charge in [-0.05, 0) is 38.4 Å². The van der Waals surface area contributed by atoms with Gasteiger partial charge in [-0.3, -0.25) is 15.0 Å². The lowest BCUT2D eigenvalue weighted by molar-refractivity contribution is -0.402. The number of hydrogen-bond acceptors (Lipinski definition) is 5. The predicted molar refractivity (Wildman–Crippen MR) is 76.6 cm³/mol. The first-order valence-electron chi connectivity index (χ1n) is 7.16. The largest absolute Gasteiger partial charge is 0.433 e. The summed E-state index contributed by atoms with van der Waals surface area (Å²) in [7, 11) is 2.06. The third kappa shape index (κ3) is 3.37. The Balaban J connectivity index is 2.15. The molecule has 1 aromatic heterocycles. The second-order valence-electron chi connectivity index (χ2n) is 5.82. The Morgan fingerprint density at radius 3 is 2.90 bits per heavy atom. The highest BCUT2D eigenvalue weighted by molar-refractivity contribution is 5.21. The molecule has 0 saturated carbocycles. The summed E-state index contributed by atoms with van der Waals surface area (Å²) in [5.74, 6) is 0.950. The fourth-order valence-electron chi connectivity index (χ4n) is 2.91. The summed E-state index contributed by atoms with van der Waals surface area (Å²) < 4.78 is 5.42. The molecule has 1 aromatic rings. The fraction of sp³-hybridized carbons (Fsp3) is 0.714. The summed E-state index contributed by atoms with van der Waals surface area (Å²) in [6.07, 6.45) is 2.27. The molecular formula is C14H23N3O3. The first-order chi connectivity index (χ1) is 9.49. The van der Waals surface area contributed by atoms with E-state index >= 15 is 0 Å². The molecule has 2 rings (SSSR count). The van der Waals surface area contributed by atoms with Crippen LogP contribution in [-0.2, 0) is 0 Å². The first kappa shape index (κ1) is 15.0.